The molecule has 0 amide bonds. The lowest BCUT2D eigenvalue weighted by Crippen LogP contribution is -2.16. The van der Waals surface area contributed by atoms with Gasteiger partial charge in [-0.15, -0.1) is 0 Å². The van der Waals surface area contributed by atoms with E-state index in [9.17, 15) is 0 Å². The van der Waals surface area contributed by atoms with E-state index in [4.69, 9.17) is 11.6 Å². The first-order chi connectivity index (χ1) is 5.75. The lowest BCUT2D eigenvalue weighted by molar-refractivity contribution is 0.640. The van der Waals surface area contributed by atoms with Crippen LogP contribution in [0.15, 0.2) is 24.3 Å². The number of rotatable bonds is 3. The summed E-state index contributed by atoms with van der Waals surface area (Å²) in [6, 6.07) is 8.09. The Hall–Kier alpha value is -0.180. The molecule has 0 aromatic heterocycles. The molecule has 0 aliphatic carbocycles. The standard InChI is InChI=1S/C9H12ClNS/c1-7(11-6-12)8-4-2-3-5-9(8)10/h2-5,7,11-12H,6H2,1H3. The third-order valence-corrected chi connectivity index (χ3v) is 2.30. The molecule has 1 aromatic carbocycles. The fourth-order valence-corrected chi connectivity index (χ4v) is 1.65. The van der Waals surface area contributed by atoms with E-state index in [1.54, 1.807) is 0 Å². The van der Waals surface area contributed by atoms with Crippen molar-refractivity contribution in [2.24, 2.45) is 0 Å². The zero-order chi connectivity index (χ0) is 8.97. The molecule has 3 heteroatoms. The largest absolute Gasteiger partial charge is 0.301 e. The lowest BCUT2D eigenvalue weighted by atomic mass is 10.1. The van der Waals surface area contributed by atoms with Crippen LogP contribution in [0.5, 0.6) is 0 Å². The quantitative estimate of drug-likeness (QED) is 0.566. The topological polar surface area (TPSA) is 12.0 Å². The molecule has 0 saturated carbocycles. The Bertz CT molecular complexity index is 252. The van der Waals surface area contributed by atoms with Crippen LogP contribution in [0.2, 0.25) is 5.02 Å². The number of benzene rings is 1. The summed E-state index contributed by atoms with van der Waals surface area (Å²) in [7, 11) is 0. The molecule has 1 rings (SSSR count). The Labute approximate surface area is 83.5 Å². The van der Waals surface area contributed by atoms with Gasteiger partial charge in [0.1, 0.15) is 0 Å². The van der Waals surface area contributed by atoms with E-state index < -0.39 is 0 Å². The molecule has 1 unspecified atom stereocenters. The van der Waals surface area contributed by atoms with Gasteiger partial charge in [0.15, 0.2) is 0 Å². The summed E-state index contributed by atoms with van der Waals surface area (Å²) in [6.07, 6.45) is 0. The zero-order valence-corrected chi connectivity index (χ0v) is 8.57. The molecule has 66 valence electrons. The van der Waals surface area contributed by atoms with Crippen molar-refractivity contribution >= 4 is 24.2 Å². The minimum atomic E-state index is 0.260. The summed E-state index contributed by atoms with van der Waals surface area (Å²) in [4.78, 5) is 0. The summed E-state index contributed by atoms with van der Waals surface area (Å²) in [5.74, 6) is 0.659. The van der Waals surface area contributed by atoms with Crippen molar-refractivity contribution in [3.63, 3.8) is 0 Å². The lowest BCUT2D eigenvalue weighted by Gasteiger charge is -2.13. The SMILES string of the molecule is CC(NCS)c1ccccc1Cl. The predicted molar refractivity (Wildman–Crippen MR) is 56.9 cm³/mol. The molecule has 12 heavy (non-hydrogen) atoms. The van der Waals surface area contributed by atoms with E-state index in [-0.39, 0.29) is 6.04 Å². The van der Waals surface area contributed by atoms with E-state index in [2.05, 4.69) is 24.9 Å². The van der Waals surface area contributed by atoms with Crippen molar-refractivity contribution in [3.05, 3.63) is 34.9 Å². The van der Waals surface area contributed by atoms with Crippen LogP contribution in [0.25, 0.3) is 0 Å². The van der Waals surface area contributed by atoms with Gasteiger partial charge in [-0.25, -0.2) is 0 Å². The Kier molecular flexibility index (Phi) is 3.92. The van der Waals surface area contributed by atoms with Gasteiger partial charge in [0, 0.05) is 16.9 Å². The van der Waals surface area contributed by atoms with Crippen molar-refractivity contribution in [2.75, 3.05) is 5.88 Å². The van der Waals surface area contributed by atoms with E-state index in [0.29, 0.717) is 5.88 Å². The molecule has 0 spiro atoms. The van der Waals surface area contributed by atoms with Crippen molar-refractivity contribution in [1.29, 1.82) is 0 Å². The Morgan fingerprint density at radius 2 is 2.17 bits per heavy atom. The van der Waals surface area contributed by atoms with Crippen LogP contribution >= 0.6 is 24.2 Å². The van der Waals surface area contributed by atoms with Gasteiger partial charge < -0.3 is 5.32 Å². The van der Waals surface area contributed by atoms with E-state index >= 15 is 0 Å². The Balaban J connectivity index is 2.79. The number of halogens is 1. The molecule has 0 radical (unpaired) electrons. The van der Waals surface area contributed by atoms with Crippen molar-refractivity contribution in [3.8, 4) is 0 Å². The molecular weight excluding hydrogens is 190 g/mol. The molecule has 1 N–H and O–H groups in total. The first-order valence-electron chi connectivity index (χ1n) is 3.84. The van der Waals surface area contributed by atoms with Gasteiger partial charge in [-0.3, -0.25) is 0 Å². The molecule has 0 heterocycles. The zero-order valence-electron chi connectivity index (χ0n) is 6.92. The number of hydrogen-bond acceptors (Lipinski definition) is 2. The normalized spacial score (nSPS) is 12.9. The van der Waals surface area contributed by atoms with E-state index in [0.717, 1.165) is 10.6 Å². The molecule has 1 atom stereocenters. The first-order valence-corrected chi connectivity index (χ1v) is 4.85. The molecule has 0 aliphatic heterocycles. The molecule has 0 saturated heterocycles. The van der Waals surface area contributed by atoms with Gasteiger partial charge in [0.25, 0.3) is 0 Å². The highest BCUT2D eigenvalue weighted by molar-refractivity contribution is 7.80. The minimum Gasteiger partial charge on any atom is -0.301 e. The number of hydrogen-bond donors (Lipinski definition) is 2. The maximum Gasteiger partial charge on any atom is 0.0453 e. The highest BCUT2D eigenvalue weighted by atomic mass is 35.5. The van der Waals surface area contributed by atoms with Crippen molar-refractivity contribution in [2.45, 2.75) is 13.0 Å². The first kappa shape index (κ1) is 9.90. The van der Waals surface area contributed by atoms with Crippen molar-refractivity contribution in [1.82, 2.24) is 5.32 Å². The van der Waals surface area contributed by atoms with Gasteiger partial charge in [-0.2, -0.15) is 12.6 Å². The van der Waals surface area contributed by atoms with Gasteiger partial charge in [-0.1, -0.05) is 29.8 Å². The third-order valence-electron chi connectivity index (χ3n) is 1.77. The second-order valence-electron chi connectivity index (χ2n) is 2.61. The average Bonchev–Trinajstić information content (AvgIpc) is 2.05. The maximum atomic E-state index is 5.99. The smallest absolute Gasteiger partial charge is 0.0453 e. The maximum absolute atomic E-state index is 5.99. The summed E-state index contributed by atoms with van der Waals surface area (Å²) in [5, 5.41) is 3.99. The fourth-order valence-electron chi connectivity index (χ4n) is 1.07. The predicted octanol–water partition coefficient (Wildman–Crippen LogP) is 2.88. The van der Waals surface area contributed by atoms with Gasteiger partial charge >= 0.3 is 0 Å². The Morgan fingerprint density at radius 3 is 2.75 bits per heavy atom. The molecule has 1 nitrogen and oxygen atoms in total. The second-order valence-corrected chi connectivity index (χ2v) is 3.33. The van der Waals surface area contributed by atoms with Crippen LogP contribution in [0.3, 0.4) is 0 Å². The van der Waals surface area contributed by atoms with Crippen LogP contribution < -0.4 is 5.32 Å². The van der Waals surface area contributed by atoms with Crippen LogP contribution in [0.1, 0.15) is 18.5 Å². The summed E-state index contributed by atoms with van der Waals surface area (Å²) in [6.45, 7) is 2.07. The molecule has 0 bridgehead atoms. The highest BCUT2D eigenvalue weighted by Gasteiger charge is 2.06. The highest BCUT2D eigenvalue weighted by Crippen LogP contribution is 2.21. The average molecular weight is 202 g/mol. The van der Waals surface area contributed by atoms with Crippen LogP contribution in [-0.2, 0) is 0 Å². The molecule has 0 fully saturated rings. The number of nitrogens with one attached hydrogen (secondary N) is 1. The fraction of sp³-hybridized carbons (Fsp3) is 0.333. The van der Waals surface area contributed by atoms with Crippen LogP contribution in [0.4, 0.5) is 0 Å². The minimum absolute atomic E-state index is 0.260. The van der Waals surface area contributed by atoms with Crippen LogP contribution in [0, 0.1) is 0 Å². The monoisotopic (exact) mass is 201 g/mol. The second kappa shape index (κ2) is 4.75. The summed E-state index contributed by atoms with van der Waals surface area (Å²) >= 11 is 10.1. The molecule has 0 aliphatic rings. The molecule has 1 aromatic rings. The van der Waals surface area contributed by atoms with Crippen LogP contribution in [-0.4, -0.2) is 5.88 Å². The van der Waals surface area contributed by atoms with Gasteiger partial charge in [0.05, 0.1) is 0 Å². The van der Waals surface area contributed by atoms with Gasteiger partial charge in [-0.05, 0) is 18.6 Å². The summed E-state index contributed by atoms with van der Waals surface area (Å²) < 4.78 is 0. The summed E-state index contributed by atoms with van der Waals surface area (Å²) in [5.41, 5.74) is 1.12. The van der Waals surface area contributed by atoms with E-state index in [1.807, 2.05) is 24.3 Å². The third kappa shape index (κ3) is 2.41. The van der Waals surface area contributed by atoms with Gasteiger partial charge in [0.2, 0.25) is 0 Å². The number of thiol groups is 1. The van der Waals surface area contributed by atoms with Crippen molar-refractivity contribution < 1.29 is 0 Å². The Morgan fingerprint density at radius 1 is 1.50 bits per heavy atom. The molecular formula is C9H12ClNS. The van der Waals surface area contributed by atoms with E-state index in [1.165, 1.54) is 0 Å².